The molecule has 0 bridgehead atoms. The van der Waals surface area contributed by atoms with Crippen LogP contribution < -0.4 is 0 Å². The second kappa shape index (κ2) is 10.8. The zero-order valence-corrected chi connectivity index (χ0v) is 17.5. The van der Waals surface area contributed by atoms with Gasteiger partial charge in [-0.3, -0.25) is 4.79 Å². The van der Waals surface area contributed by atoms with Crippen LogP contribution in [0.25, 0.3) is 0 Å². The van der Waals surface area contributed by atoms with Gasteiger partial charge in [0.15, 0.2) is 0 Å². The van der Waals surface area contributed by atoms with Crippen LogP contribution in [0.2, 0.25) is 0 Å². The number of hydrogen-bond acceptors (Lipinski definition) is 1. The van der Waals surface area contributed by atoms with E-state index in [1.165, 1.54) is 55.3 Å². The summed E-state index contributed by atoms with van der Waals surface area (Å²) in [5.41, 5.74) is 3.00. The molecular weight excluding hydrogens is 347 g/mol. The molecule has 1 saturated heterocycles. The van der Waals surface area contributed by atoms with Crippen LogP contribution in [-0.4, -0.2) is 24.3 Å². The first kappa shape index (κ1) is 20.3. The summed E-state index contributed by atoms with van der Waals surface area (Å²) in [5.74, 6) is 1.83. The molecular formula is C25H33OP. The maximum atomic E-state index is 11.6. The van der Waals surface area contributed by atoms with Gasteiger partial charge in [0.2, 0.25) is 0 Å². The predicted octanol–water partition coefficient (Wildman–Crippen LogP) is 6.98. The fraction of sp³-hybridized carbons (Fsp3) is 0.480. The third-order valence-corrected chi connectivity index (χ3v) is 8.70. The normalized spacial score (nSPS) is 17.6. The number of ketones is 1. The van der Waals surface area contributed by atoms with Crippen molar-refractivity contribution >= 4 is 13.7 Å². The monoisotopic (exact) mass is 380 g/mol. The second-order valence-electron chi connectivity index (χ2n) is 7.89. The quantitative estimate of drug-likeness (QED) is 0.429. The molecule has 2 aromatic carbocycles. The Morgan fingerprint density at radius 2 is 1.33 bits per heavy atom. The van der Waals surface area contributed by atoms with Crippen molar-refractivity contribution in [3.63, 3.8) is 0 Å². The minimum atomic E-state index is 0.0385. The standard InChI is InChI=1S/C25H33OP/c1-2-21(22-10-5-3-6-11-22)14-9-15-24(23-12-7-4-8-13-23)20-27-18-16-25(26)17-19-27/h3-8,10-13,21,24H,2,9,14-20H2,1H3. The maximum Gasteiger partial charge on any atom is 0.133 e. The van der Waals surface area contributed by atoms with Gasteiger partial charge < -0.3 is 0 Å². The Labute approximate surface area is 166 Å². The molecule has 0 aromatic heterocycles. The first-order chi connectivity index (χ1) is 13.3. The molecule has 27 heavy (non-hydrogen) atoms. The Morgan fingerprint density at radius 1 is 0.815 bits per heavy atom. The Kier molecular flexibility index (Phi) is 8.09. The van der Waals surface area contributed by atoms with E-state index < -0.39 is 0 Å². The summed E-state index contributed by atoms with van der Waals surface area (Å²) in [6.45, 7) is 2.31. The molecule has 0 saturated carbocycles. The minimum absolute atomic E-state index is 0.0385. The second-order valence-corrected chi connectivity index (χ2v) is 10.5. The van der Waals surface area contributed by atoms with Gasteiger partial charge in [-0.2, -0.15) is 0 Å². The van der Waals surface area contributed by atoms with Crippen LogP contribution in [0.5, 0.6) is 0 Å². The van der Waals surface area contributed by atoms with E-state index in [0.717, 1.165) is 12.8 Å². The molecule has 0 radical (unpaired) electrons. The molecule has 2 aromatic rings. The first-order valence-corrected chi connectivity index (χ1v) is 12.5. The molecule has 1 aliphatic heterocycles. The summed E-state index contributed by atoms with van der Waals surface area (Å²) in [6, 6.07) is 22.1. The van der Waals surface area contributed by atoms with E-state index in [1.54, 1.807) is 0 Å². The molecule has 2 unspecified atom stereocenters. The van der Waals surface area contributed by atoms with E-state index in [4.69, 9.17) is 0 Å². The summed E-state index contributed by atoms with van der Waals surface area (Å²) in [6.07, 6.45) is 10.4. The zero-order valence-electron chi connectivity index (χ0n) is 16.6. The van der Waals surface area contributed by atoms with Crippen molar-refractivity contribution in [2.45, 2.75) is 57.3 Å². The Hall–Kier alpha value is -1.46. The summed E-state index contributed by atoms with van der Waals surface area (Å²) in [4.78, 5) is 11.6. The van der Waals surface area contributed by atoms with Gasteiger partial charge in [0.1, 0.15) is 5.78 Å². The van der Waals surface area contributed by atoms with Crippen LogP contribution in [0.15, 0.2) is 60.7 Å². The fourth-order valence-corrected chi connectivity index (χ4v) is 7.06. The van der Waals surface area contributed by atoms with E-state index >= 15 is 0 Å². The number of benzene rings is 2. The van der Waals surface area contributed by atoms with Gasteiger partial charge in [0, 0.05) is 12.8 Å². The highest BCUT2D eigenvalue weighted by Crippen LogP contribution is 2.45. The van der Waals surface area contributed by atoms with Crippen LogP contribution in [0.4, 0.5) is 0 Å². The molecule has 144 valence electrons. The number of carbonyl (C=O) groups is 1. The average molecular weight is 381 g/mol. The highest BCUT2D eigenvalue weighted by molar-refractivity contribution is 7.57. The lowest BCUT2D eigenvalue weighted by molar-refractivity contribution is -0.118. The van der Waals surface area contributed by atoms with Crippen LogP contribution in [0.3, 0.4) is 0 Å². The van der Waals surface area contributed by atoms with E-state index in [1.807, 2.05) is 0 Å². The van der Waals surface area contributed by atoms with Crippen LogP contribution in [-0.2, 0) is 4.79 Å². The van der Waals surface area contributed by atoms with Crippen molar-refractivity contribution in [2.75, 3.05) is 18.5 Å². The van der Waals surface area contributed by atoms with Gasteiger partial charge in [0.25, 0.3) is 0 Å². The Bertz CT molecular complexity index is 672. The van der Waals surface area contributed by atoms with Crippen molar-refractivity contribution in [3.05, 3.63) is 71.8 Å². The fourth-order valence-electron chi connectivity index (χ4n) is 4.33. The molecule has 1 nitrogen and oxygen atoms in total. The molecule has 1 fully saturated rings. The van der Waals surface area contributed by atoms with Crippen LogP contribution in [0, 0.1) is 0 Å². The van der Waals surface area contributed by atoms with E-state index in [2.05, 4.69) is 67.6 Å². The number of hydrogen-bond donors (Lipinski definition) is 0. The summed E-state index contributed by atoms with van der Waals surface area (Å²) < 4.78 is 0. The highest BCUT2D eigenvalue weighted by atomic mass is 31.1. The molecule has 1 aliphatic rings. The smallest absolute Gasteiger partial charge is 0.133 e. The summed E-state index contributed by atoms with van der Waals surface area (Å²) in [5, 5.41) is 0. The predicted molar refractivity (Wildman–Crippen MR) is 118 cm³/mol. The van der Waals surface area contributed by atoms with Crippen LogP contribution >= 0.6 is 7.92 Å². The number of carbonyl (C=O) groups excluding carboxylic acids is 1. The number of rotatable bonds is 9. The van der Waals surface area contributed by atoms with Crippen LogP contribution in [0.1, 0.15) is 68.4 Å². The van der Waals surface area contributed by atoms with Gasteiger partial charge in [-0.25, -0.2) is 0 Å². The molecule has 2 heteroatoms. The summed E-state index contributed by atoms with van der Waals surface area (Å²) in [7, 11) is 0.0385. The zero-order chi connectivity index (χ0) is 18.9. The molecule has 0 spiro atoms. The van der Waals surface area contributed by atoms with Crippen molar-refractivity contribution < 1.29 is 4.79 Å². The lowest BCUT2D eigenvalue weighted by Gasteiger charge is -2.27. The summed E-state index contributed by atoms with van der Waals surface area (Å²) >= 11 is 0. The van der Waals surface area contributed by atoms with Gasteiger partial charge in [-0.15, -0.1) is 7.92 Å². The molecule has 3 rings (SSSR count). The average Bonchev–Trinajstić information content (AvgIpc) is 2.73. The third kappa shape index (κ3) is 6.28. The van der Waals surface area contributed by atoms with Gasteiger partial charge in [0.05, 0.1) is 0 Å². The topological polar surface area (TPSA) is 17.1 Å². The van der Waals surface area contributed by atoms with E-state index in [0.29, 0.717) is 17.6 Å². The largest absolute Gasteiger partial charge is 0.300 e. The maximum absolute atomic E-state index is 11.6. The van der Waals surface area contributed by atoms with Crippen molar-refractivity contribution in [1.82, 2.24) is 0 Å². The molecule has 0 amide bonds. The lowest BCUT2D eigenvalue weighted by atomic mass is 9.88. The Balaban J connectivity index is 1.58. The van der Waals surface area contributed by atoms with E-state index in [-0.39, 0.29) is 7.92 Å². The number of Topliss-reactive ketones (excluding diaryl/α,β-unsaturated/α-hetero) is 1. The lowest BCUT2D eigenvalue weighted by Crippen LogP contribution is -2.15. The first-order valence-electron chi connectivity index (χ1n) is 10.6. The molecule has 0 N–H and O–H groups in total. The van der Waals surface area contributed by atoms with Crippen molar-refractivity contribution in [2.24, 2.45) is 0 Å². The SMILES string of the molecule is CCC(CCCC(CP1CCC(=O)CC1)c1ccccc1)c1ccccc1. The van der Waals surface area contributed by atoms with E-state index in [9.17, 15) is 4.79 Å². The highest BCUT2D eigenvalue weighted by Gasteiger charge is 2.23. The van der Waals surface area contributed by atoms with Crippen molar-refractivity contribution in [3.8, 4) is 0 Å². The third-order valence-electron chi connectivity index (χ3n) is 6.03. The van der Waals surface area contributed by atoms with Gasteiger partial charge in [-0.05, 0) is 60.7 Å². The molecule has 2 atom stereocenters. The van der Waals surface area contributed by atoms with Crippen molar-refractivity contribution in [1.29, 1.82) is 0 Å². The minimum Gasteiger partial charge on any atom is -0.300 e. The molecule has 0 aliphatic carbocycles. The van der Waals surface area contributed by atoms with Gasteiger partial charge in [-0.1, -0.05) is 74.0 Å². The molecule has 1 heterocycles. The van der Waals surface area contributed by atoms with Gasteiger partial charge >= 0.3 is 0 Å². The Morgan fingerprint density at radius 3 is 1.89 bits per heavy atom.